The van der Waals surface area contributed by atoms with Crippen LogP contribution in [0.1, 0.15) is 56.9 Å². The Morgan fingerprint density at radius 1 is 1.22 bits per heavy atom. The third kappa shape index (κ3) is 2.97. The highest BCUT2D eigenvalue weighted by Crippen LogP contribution is 2.70. The predicted molar refractivity (Wildman–Crippen MR) is 133 cm³/mol. The van der Waals surface area contributed by atoms with E-state index in [0.29, 0.717) is 19.4 Å². The number of carbonyl (C=O) groups is 2. The van der Waals surface area contributed by atoms with Crippen molar-refractivity contribution >= 4 is 11.6 Å². The fraction of sp³-hybridized carbons (Fsp3) is 0.600. The molecule has 0 aromatic heterocycles. The number of hydrogen-bond donors (Lipinski definition) is 2. The number of carbonyl (C=O) groups excluding carboxylic acids is 2. The van der Waals surface area contributed by atoms with Crippen molar-refractivity contribution in [1.29, 1.82) is 0 Å². The number of rotatable bonds is 3. The van der Waals surface area contributed by atoms with Crippen molar-refractivity contribution in [1.82, 2.24) is 0 Å². The van der Waals surface area contributed by atoms with Gasteiger partial charge in [0.2, 0.25) is 0 Å². The molecule has 2 heterocycles. The number of ketones is 2. The average molecular weight is 507 g/mol. The summed E-state index contributed by atoms with van der Waals surface area (Å²) in [6, 6.07) is 5.88. The maximum atomic E-state index is 13.6. The lowest BCUT2D eigenvalue weighted by Gasteiger charge is -2.59. The van der Waals surface area contributed by atoms with Gasteiger partial charge >= 0.3 is 0 Å². The van der Waals surface area contributed by atoms with Gasteiger partial charge in [0.1, 0.15) is 12.4 Å². The first-order chi connectivity index (χ1) is 17.7. The lowest BCUT2D eigenvalue weighted by atomic mass is 9.46. The van der Waals surface area contributed by atoms with Gasteiger partial charge in [0.05, 0.1) is 18.8 Å². The SMILES string of the molecule is C[C@]12C=CC(=O)C=C1CC[C@@H]1[C@@H]2[C@@H](O)C[C@@]2(C)[C@H]1C[C@H]1OC(c3ccc4c(c3)CCO4)O[C@]12C(=O)CO. The summed E-state index contributed by atoms with van der Waals surface area (Å²) in [4.78, 5) is 25.7. The first kappa shape index (κ1) is 23.8. The Morgan fingerprint density at radius 3 is 2.86 bits per heavy atom. The molecule has 1 aromatic carbocycles. The molecule has 1 saturated heterocycles. The second-order valence-electron chi connectivity index (χ2n) is 12.3. The summed E-state index contributed by atoms with van der Waals surface area (Å²) in [5.41, 5.74) is 0.626. The molecule has 7 nitrogen and oxygen atoms in total. The second-order valence-corrected chi connectivity index (χ2v) is 12.3. The highest BCUT2D eigenvalue weighted by Gasteiger charge is 2.75. The van der Waals surface area contributed by atoms with Crippen molar-refractivity contribution in [3.8, 4) is 5.75 Å². The van der Waals surface area contributed by atoms with Gasteiger partial charge < -0.3 is 24.4 Å². The van der Waals surface area contributed by atoms with E-state index in [1.54, 1.807) is 12.2 Å². The maximum Gasteiger partial charge on any atom is 0.193 e. The number of allylic oxidation sites excluding steroid dienone is 4. The van der Waals surface area contributed by atoms with Gasteiger partial charge in [0.25, 0.3) is 0 Å². The van der Waals surface area contributed by atoms with E-state index in [1.165, 1.54) is 0 Å². The molecule has 0 radical (unpaired) electrons. The minimum atomic E-state index is -1.33. The van der Waals surface area contributed by atoms with E-state index >= 15 is 0 Å². The molecule has 196 valence electrons. The summed E-state index contributed by atoms with van der Waals surface area (Å²) < 4.78 is 18.8. The zero-order chi connectivity index (χ0) is 25.7. The fourth-order valence-corrected chi connectivity index (χ4v) is 9.19. The molecule has 1 unspecified atom stereocenters. The van der Waals surface area contributed by atoms with Crippen LogP contribution in [0.15, 0.2) is 42.0 Å². The highest BCUT2D eigenvalue weighted by molar-refractivity contribution is 6.01. The van der Waals surface area contributed by atoms with E-state index < -0.39 is 36.1 Å². The van der Waals surface area contributed by atoms with Crippen LogP contribution in [0.2, 0.25) is 0 Å². The van der Waals surface area contributed by atoms with Crippen molar-refractivity contribution < 1.29 is 34.0 Å². The number of benzene rings is 1. The van der Waals surface area contributed by atoms with Crippen molar-refractivity contribution in [2.45, 2.75) is 70.1 Å². The molecule has 37 heavy (non-hydrogen) atoms. The van der Waals surface area contributed by atoms with Gasteiger partial charge in [-0.3, -0.25) is 9.59 Å². The number of aliphatic hydroxyl groups is 2. The molecule has 3 saturated carbocycles. The maximum absolute atomic E-state index is 13.6. The van der Waals surface area contributed by atoms with Crippen LogP contribution < -0.4 is 4.74 Å². The minimum absolute atomic E-state index is 0.00918. The van der Waals surface area contributed by atoms with Crippen LogP contribution >= 0.6 is 0 Å². The zero-order valence-electron chi connectivity index (χ0n) is 21.3. The van der Waals surface area contributed by atoms with Crippen LogP contribution in [0.3, 0.4) is 0 Å². The van der Waals surface area contributed by atoms with Crippen LogP contribution in [0.5, 0.6) is 5.75 Å². The molecular formula is C30H34O7. The predicted octanol–water partition coefficient (Wildman–Crippen LogP) is 3.22. The molecule has 2 N–H and O–H groups in total. The molecule has 0 bridgehead atoms. The van der Waals surface area contributed by atoms with Gasteiger partial charge in [-0.15, -0.1) is 0 Å². The van der Waals surface area contributed by atoms with Crippen molar-refractivity contribution in [2.75, 3.05) is 13.2 Å². The van der Waals surface area contributed by atoms with Crippen LogP contribution in [-0.4, -0.2) is 52.8 Å². The van der Waals surface area contributed by atoms with Gasteiger partial charge in [-0.2, -0.15) is 0 Å². The Morgan fingerprint density at radius 2 is 2.05 bits per heavy atom. The van der Waals surface area contributed by atoms with Crippen molar-refractivity contribution in [3.63, 3.8) is 0 Å². The van der Waals surface area contributed by atoms with Crippen molar-refractivity contribution in [2.24, 2.45) is 28.6 Å². The highest BCUT2D eigenvalue weighted by atomic mass is 16.7. The standard InChI is InChI=1S/C30H34O7/c1-28-9-7-19(32)12-18(28)4-5-20-21-13-25-30(24(34)15-31,29(21,2)14-22(33)26(20)28)37-27(36-25)17-3-6-23-16(11-17)8-10-35-23/h3,6-7,9,11-12,20-22,25-27,31,33H,4-5,8,10,13-15H2,1-2H3/t20-,21-,22-,25+,26+,27?,28-,29-,30+/m0/s1. The molecule has 4 fully saturated rings. The molecule has 0 amide bonds. The number of Topliss-reactive ketones (excluding diaryl/α,β-unsaturated/α-hetero) is 1. The molecule has 9 atom stereocenters. The summed E-state index contributed by atoms with van der Waals surface area (Å²) in [7, 11) is 0. The number of ether oxygens (including phenoxy) is 3. The van der Waals surface area contributed by atoms with Gasteiger partial charge in [-0.25, -0.2) is 0 Å². The summed E-state index contributed by atoms with van der Waals surface area (Å²) >= 11 is 0. The first-order valence-electron chi connectivity index (χ1n) is 13.6. The van der Waals surface area contributed by atoms with Gasteiger partial charge in [-0.05, 0) is 67.4 Å². The summed E-state index contributed by atoms with van der Waals surface area (Å²) in [6.45, 7) is 4.21. The largest absolute Gasteiger partial charge is 0.493 e. The van der Waals surface area contributed by atoms with E-state index in [0.717, 1.165) is 41.7 Å². The smallest absolute Gasteiger partial charge is 0.193 e. The average Bonchev–Trinajstić information content (AvgIpc) is 3.56. The monoisotopic (exact) mass is 506 g/mol. The Balaban J connectivity index is 1.26. The second kappa shape index (κ2) is 7.85. The lowest BCUT2D eigenvalue weighted by Crippen LogP contribution is -2.63. The van der Waals surface area contributed by atoms with Gasteiger partial charge in [-0.1, -0.05) is 31.6 Å². The molecule has 6 aliphatic rings. The Bertz CT molecular complexity index is 1250. The third-order valence-electron chi connectivity index (χ3n) is 10.8. The summed E-state index contributed by atoms with van der Waals surface area (Å²) in [5.74, 6) is 0.684. The summed E-state index contributed by atoms with van der Waals surface area (Å²) in [5, 5.41) is 21.9. The van der Waals surface area contributed by atoms with Crippen LogP contribution in [0, 0.1) is 28.6 Å². The zero-order valence-corrected chi connectivity index (χ0v) is 21.3. The van der Waals surface area contributed by atoms with Crippen LogP contribution in [0.25, 0.3) is 0 Å². The quantitative estimate of drug-likeness (QED) is 0.649. The summed E-state index contributed by atoms with van der Waals surface area (Å²) in [6.07, 6.45) is 6.93. The molecule has 7 rings (SSSR count). The molecular weight excluding hydrogens is 472 g/mol. The Kier molecular flexibility index (Phi) is 5.05. The normalized spacial score (nSPS) is 45.3. The number of aliphatic hydroxyl groups excluding tert-OH is 2. The van der Waals surface area contributed by atoms with Gasteiger partial charge in [0, 0.05) is 28.7 Å². The van der Waals surface area contributed by atoms with E-state index in [9.17, 15) is 19.8 Å². The Labute approximate surface area is 216 Å². The van der Waals surface area contributed by atoms with E-state index in [2.05, 4.69) is 13.8 Å². The lowest BCUT2D eigenvalue weighted by molar-refractivity contribution is -0.201. The molecule has 0 spiro atoms. The molecule has 4 aliphatic carbocycles. The molecule has 2 aliphatic heterocycles. The molecule has 1 aromatic rings. The third-order valence-corrected chi connectivity index (χ3v) is 10.8. The van der Waals surface area contributed by atoms with E-state index in [-0.39, 0.29) is 34.7 Å². The van der Waals surface area contributed by atoms with Crippen LogP contribution in [-0.2, 0) is 25.5 Å². The number of hydrogen-bond acceptors (Lipinski definition) is 7. The van der Waals surface area contributed by atoms with Crippen LogP contribution in [0.4, 0.5) is 0 Å². The van der Waals surface area contributed by atoms with E-state index in [4.69, 9.17) is 14.2 Å². The Hall–Kier alpha value is -2.32. The minimum Gasteiger partial charge on any atom is -0.493 e. The first-order valence-corrected chi connectivity index (χ1v) is 13.6. The van der Waals surface area contributed by atoms with E-state index in [1.807, 2.05) is 24.3 Å². The number of fused-ring (bicyclic) bond motifs is 8. The van der Waals surface area contributed by atoms with Crippen molar-refractivity contribution in [3.05, 3.63) is 53.1 Å². The topological polar surface area (TPSA) is 102 Å². The van der Waals surface area contributed by atoms with Gasteiger partial charge in [0.15, 0.2) is 23.5 Å². The molecule has 7 heteroatoms. The fourth-order valence-electron chi connectivity index (χ4n) is 9.19.